The molecule has 0 saturated heterocycles. The fraction of sp³-hybridized carbons (Fsp3) is 0.0435. The molecular formula is C23H16ClNO4. The second kappa shape index (κ2) is 7.81. The van der Waals surface area contributed by atoms with Crippen molar-refractivity contribution in [3.05, 3.63) is 89.5 Å². The highest BCUT2D eigenvalue weighted by atomic mass is 35.5. The Morgan fingerprint density at radius 1 is 0.759 bits per heavy atom. The SMILES string of the molecule is COc1ccccc1C1=C(Cl)C(=O)N(c2ccc(Oc3ccccc3)cc2)C1=O. The van der Waals surface area contributed by atoms with Gasteiger partial charge in [-0.3, -0.25) is 9.59 Å². The molecule has 1 heterocycles. The first kappa shape index (κ1) is 18.8. The molecule has 1 aliphatic heterocycles. The fourth-order valence-electron chi connectivity index (χ4n) is 3.11. The number of carbonyl (C=O) groups excluding carboxylic acids is 2. The maximum Gasteiger partial charge on any atom is 0.277 e. The van der Waals surface area contributed by atoms with Crippen LogP contribution in [0.3, 0.4) is 0 Å². The van der Waals surface area contributed by atoms with E-state index in [9.17, 15) is 9.59 Å². The topological polar surface area (TPSA) is 55.8 Å². The molecule has 6 heteroatoms. The van der Waals surface area contributed by atoms with Crippen molar-refractivity contribution in [1.29, 1.82) is 0 Å². The second-order valence-electron chi connectivity index (χ2n) is 6.24. The first-order valence-corrected chi connectivity index (χ1v) is 9.23. The van der Waals surface area contributed by atoms with E-state index in [0.717, 1.165) is 4.90 Å². The molecule has 0 unspecified atom stereocenters. The van der Waals surface area contributed by atoms with E-state index in [1.54, 1.807) is 48.5 Å². The third kappa shape index (κ3) is 3.48. The molecule has 3 aromatic rings. The first-order chi connectivity index (χ1) is 14.1. The van der Waals surface area contributed by atoms with Gasteiger partial charge in [-0.2, -0.15) is 0 Å². The Labute approximate surface area is 172 Å². The highest BCUT2D eigenvalue weighted by molar-refractivity contribution is 6.60. The van der Waals surface area contributed by atoms with Gasteiger partial charge in [0.15, 0.2) is 0 Å². The molecular weight excluding hydrogens is 390 g/mol. The maximum absolute atomic E-state index is 13.0. The third-order valence-electron chi connectivity index (χ3n) is 4.48. The lowest BCUT2D eigenvalue weighted by Crippen LogP contribution is -2.31. The molecule has 29 heavy (non-hydrogen) atoms. The highest BCUT2D eigenvalue weighted by Crippen LogP contribution is 2.38. The highest BCUT2D eigenvalue weighted by Gasteiger charge is 2.40. The van der Waals surface area contributed by atoms with Gasteiger partial charge in [0.2, 0.25) is 0 Å². The van der Waals surface area contributed by atoms with E-state index in [-0.39, 0.29) is 10.6 Å². The zero-order chi connectivity index (χ0) is 20.4. The van der Waals surface area contributed by atoms with E-state index in [4.69, 9.17) is 21.1 Å². The lowest BCUT2D eigenvalue weighted by Gasteiger charge is -2.16. The van der Waals surface area contributed by atoms with Gasteiger partial charge in [0.05, 0.1) is 18.4 Å². The standard InChI is InChI=1S/C23H16ClNO4/c1-28-19-10-6-5-9-18(19)20-21(24)23(27)25(22(20)26)15-11-13-17(14-12-15)29-16-7-3-2-4-8-16/h2-14H,1H3. The van der Waals surface area contributed by atoms with Crippen LogP contribution in [-0.4, -0.2) is 18.9 Å². The molecule has 5 nitrogen and oxygen atoms in total. The van der Waals surface area contributed by atoms with E-state index >= 15 is 0 Å². The number of hydrogen-bond acceptors (Lipinski definition) is 4. The van der Waals surface area contributed by atoms with Crippen molar-refractivity contribution in [2.75, 3.05) is 12.0 Å². The van der Waals surface area contributed by atoms with Crippen LogP contribution in [0.25, 0.3) is 5.57 Å². The van der Waals surface area contributed by atoms with Crippen molar-refractivity contribution in [3.63, 3.8) is 0 Å². The minimum Gasteiger partial charge on any atom is -0.496 e. The van der Waals surface area contributed by atoms with Crippen molar-refractivity contribution in [2.45, 2.75) is 0 Å². The lowest BCUT2D eigenvalue weighted by atomic mass is 10.1. The van der Waals surface area contributed by atoms with Gasteiger partial charge in [-0.05, 0) is 42.5 Å². The molecule has 0 aliphatic carbocycles. The number of carbonyl (C=O) groups is 2. The Hall–Kier alpha value is -3.57. The largest absolute Gasteiger partial charge is 0.496 e. The van der Waals surface area contributed by atoms with Gasteiger partial charge in [-0.25, -0.2) is 4.90 Å². The number of para-hydroxylation sites is 2. The van der Waals surface area contributed by atoms with E-state index in [2.05, 4.69) is 0 Å². The summed E-state index contributed by atoms with van der Waals surface area (Å²) < 4.78 is 11.1. The Balaban J connectivity index is 1.62. The lowest BCUT2D eigenvalue weighted by molar-refractivity contribution is -0.119. The quantitative estimate of drug-likeness (QED) is 0.560. The molecule has 0 fully saturated rings. The second-order valence-corrected chi connectivity index (χ2v) is 6.62. The normalized spacial score (nSPS) is 13.8. The van der Waals surface area contributed by atoms with Gasteiger partial charge >= 0.3 is 0 Å². The summed E-state index contributed by atoms with van der Waals surface area (Å²) in [6.07, 6.45) is 0. The molecule has 0 spiro atoms. The van der Waals surface area contributed by atoms with E-state index in [1.807, 2.05) is 30.3 Å². The van der Waals surface area contributed by atoms with E-state index < -0.39 is 11.8 Å². The molecule has 144 valence electrons. The fourth-order valence-corrected chi connectivity index (χ4v) is 3.38. The van der Waals surface area contributed by atoms with Crippen molar-refractivity contribution >= 4 is 34.7 Å². The average Bonchev–Trinajstić information content (AvgIpc) is 2.98. The van der Waals surface area contributed by atoms with Gasteiger partial charge in [0, 0.05) is 5.56 Å². The molecule has 0 bridgehead atoms. The van der Waals surface area contributed by atoms with E-state index in [1.165, 1.54) is 7.11 Å². The van der Waals surface area contributed by atoms with Gasteiger partial charge < -0.3 is 9.47 Å². The number of hydrogen-bond donors (Lipinski definition) is 0. The number of anilines is 1. The van der Waals surface area contributed by atoms with Crippen LogP contribution < -0.4 is 14.4 Å². The van der Waals surface area contributed by atoms with Crippen molar-refractivity contribution in [3.8, 4) is 17.2 Å². The number of nitrogens with zero attached hydrogens (tertiary/aromatic N) is 1. The summed E-state index contributed by atoms with van der Waals surface area (Å²) in [5.41, 5.74) is 1.01. The number of benzene rings is 3. The number of amides is 2. The maximum atomic E-state index is 13.0. The molecule has 0 aromatic heterocycles. The molecule has 2 amide bonds. The summed E-state index contributed by atoms with van der Waals surface area (Å²) in [5, 5.41) is -0.135. The smallest absolute Gasteiger partial charge is 0.277 e. The monoisotopic (exact) mass is 405 g/mol. The van der Waals surface area contributed by atoms with Crippen molar-refractivity contribution in [1.82, 2.24) is 0 Å². The van der Waals surface area contributed by atoms with Crippen LogP contribution in [0.2, 0.25) is 0 Å². The molecule has 0 atom stereocenters. The summed E-state index contributed by atoms with van der Waals surface area (Å²) in [6.45, 7) is 0. The van der Waals surface area contributed by atoms with Gasteiger partial charge in [0.1, 0.15) is 22.3 Å². The molecule has 0 saturated carbocycles. The van der Waals surface area contributed by atoms with E-state index in [0.29, 0.717) is 28.5 Å². The van der Waals surface area contributed by atoms with Crippen LogP contribution in [0.15, 0.2) is 83.9 Å². The van der Waals surface area contributed by atoms with Gasteiger partial charge in [-0.15, -0.1) is 0 Å². The van der Waals surface area contributed by atoms with Crippen LogP contribution >= 0.6 is 11.6 Å². The Morgan fingerprint density at radius 3 is 2.07 bits per heavy atom. The Kier molecular flexibility index (Phi) is 5.06. The van der Waals surface area contributed by atoms with Crippen LogP contribution in [0.1, 0.15) is 5.56 Å². The zero-order valence-electron chi connectivity index (χ0n) is 15.5. The van der Waals surface area contributed by atoms with Crippen LogP contribution in [0.4, 0.5) is 5.69 Å². The van der Waals surface area contributed by atoms with Crippen LogP contribution in [0.5, 0.6) is 17.2 Å². The number of imide groups is 1. The summed E-state index contributed by atoms with van der Waals surface area (Å²) in [4.78, 5) is 26.8. The molecule has 1 aliphatic rings. The number of ether oxygens (including phenoxy) is 2. The van der Waals surface area contributed by atoms with Crippen molar-refractivity contribution in [2.24, 2.45) is 0 Å². The summed E-state index contributed by atoms with van der Waals surface area (Å²) >= 11 is 6.26. The minimum absolute atomic E-state index is 0.124. The Morgan fingerprint density at radius 2 is 1.38 bits per heavy atom. The summed E-state index contributed by atoms with van der Waals surface area (Å²) in [7, 11) is 1.50. The predicted octanol–water partition coefficient (Wildman–Crippen LogP) is 5.01. The molecule has 0 N–H and O–H groups in total. The van der Waals surface area contributed by atoms with Crippen LogP contribution in [-0.2, 0) is 9.59 Å². The zero-order valence-corrected chi connectivity index (χ0v) is 16.2. The first-order valence-electron chi connectivity index (χ1n) is 8.85. The summed E-state index contributed by atoms with van der Waals surface area (Å²) in [6, 6.07) is 22.9. The minimum atomic E-state index is -0.575. The molecule has 3 aromatic carbocycles. The molecule has 4 rings (SSSR count). The number of halogens is 1. The Bertz CT molecular complexity index is 1110. The number of methoxy groups -OCH3 is 1. The summed E-state index contributed by atoms with van der Waals surface area (Å²) in [5.74, 6) is 0.672. The predicted molar refractivity (Wildman–Crippen MR) is 111 cm³/mol. The van der Waals surface area contributed by atoms with Gasteiger partial charge in [0.25, 0.3) is 11.8 Å². The van der Waals surface area contributed by atoms with Gasteiger partial charge in [-0.1, -0.05) is 48.0 Å². The number of rotatable bonds is 5. The third-order valence-corrected chi connectivity index (χ3v) is 4.83. The molecule has 0 radical (unpaired) electrons. The van der Waals surface area contributed by atoms with Crippen molar-refractivity contribution < 1.29 is 19.1 Å². The average molecular weight is 406 g/mol. The van der Waals surface area contributed by atoms with Crippen LogP contribution in [0, 0.1) is 0 Å².